The first-order valence-corrected chi connectivity index (χ1v) is 8.35. The van der Waals surface area contributed by atoms with Crippen LogP contribution in [-0.2, 0) is 14.8 Å². The molecule has 0 aliphatic carbocycles. The summed E-state index contributed by atoms with van der Waals surface area (Å²) in [6.45, 7) is 0. The molecule has 0 heterocycles. The lowest BCUT2D eigenvalue weighted by Gasteiger charge is -2.15. The fourth-order valence-electron chi connectivity index (χ4n) is 1.45. The Hall–Kier alpha value is -1.19. The van der Waals surface area contributed by atoms with Crippen LogP contribution in [0, 0.1) is 11.6 Å². The molecule has 1 aromatic rings. The minimum absolute atomic E-state index is 0.00576. The van der Waals surface area contributed by atoms with Crippen molar-refractivity contribution in [1.82, 2.24) is 4.72 Å². The highest BCUT2D eigenvalue weighted by atomic mass is 32.2. The highest BCUT2D eigenvalue weighted by Crippen LogP contribution is 2.19. The summed E-state index contributed by atoms with van der Waals surface area (Å²) in [5.74, 6) is -3.56. The van der Waals surface area contributed by atoms with E-state index in [0.29, 0.717) is 5.75 Å². The van der Waals surface area contributed by atoms with Gasteiger partial charge in [0, 0.05) is 0 Å². The Balaban J connectivity index is 3.07. The third-order valence-electron chi connectivity index (χ3n) is 2.39. The van der Waals surface area contributed by atoms with E-state index in [1.54, 1.807) is 11.0 Å². The first kappa shape index (κ1) is 16.9. The van der Waals surface area contributed by atoms with E-state index in [1.165, 1.54) is 11.8 Å². The van der Waals surface area contributed by atoms with Crippen molar-refractivity contribution in [1.29, 1.82) is 0 Å². The lowest BCUT2D eigenvalue weighted by molar-refractivity contribution is -0.139. The number of carbonyl (C=O) groups is 1. The van der Waals surface area contributed by atoms with E-state index in [0.717, 1.165) is 18.2 Å². The number of sulfonamides is 1. The van der Waals surface area contributed by atoms with Crippen LogP contribution in [0.3, 0.4) is 0 Å². The zero-order valence-corrected chi connectivity index (χ0v) is 12.1. The minimum Gasteiger partial charge on any atom is -0.480 e. The van der Waals surface area contributed by atoms with E-state index >= 15 is 0 Å². The van der Waals surface area contributed by atoms with Crippen LogP contribution in [0.5, 0.6) is 0 Å². The maximum Gasteiger partial charge on any atom is 0.321 e. The largest absolute Gasteiger partial charge is 0.480 e. The Bertz CT molecular complexity index is 572. The molecule has 9 heteroatoms. The molecule has 0 saturated heterocycles. The molecule has 0 bridgehead atoms. The average molecular weight is 325 g/mol. The van der Waals surface area contributed by atoms with Gasteiger partial charge in [-0.1, -0.05) is 6.07 Å². The predicted octanol–water partition coefficient (Wildman–Crippen LogP) is 1.45. The van der Waals surface area contributed by atoms with Crippen LogP contribution in [0.1, 0.15) is 6.42 Å². The highest BCUT2D eigenvalue weighted by molar-refractivity contribution is 7.98. The van der Waals surface area contributed by atoms with Crippen molar-refractivity contribution in [3.63, 3.8) is 0 Å². The first-order valence-electron chi connectivity index (χ1n) is 5.47. The molecule has 112 valence electrons. The van der Waals surface area contributed by atoms with E-state index in [4.69, 9.17) is 5.11 Å². The molecule has 0 aliphatic heterocycles. The van der Waals surface area contributed by atoms with Gasteiger partial charge in [-0.25, -0.2) is 17.2 Å². The molecule has 0 spiro atoms. The van der Waals surface area contributed by atoms with Crippen molar-refractivity contribution in [3.8, 4) is 0 Å². The summed E-state index contributed by atoms with van der Waals surface area (Å²) in [6.07, 6.45) is 1.73. The van der Waals surface area contributed by atoms with Crippen LogP contribution in [-0.4, -0.2) is 37.5 Å². The smallest absolute Gasteiger partial charge is 0.321 e. The number of carboxylic acid groups (broad SMARTS) is 1. The number of hydrogen-bond donors (Lipinski definition) is 2. The fourth-order valence-corrected chi connectivity index (χ4v) is 3.29. The Morgan fingerprint density at radius 1 is 1.40 bits per heavy atom. The second kappa shape index (κ2) is 7.00. The van der Waals surface area contributed by atoms with Crippen LogP contribution in [0.2, 0.25) is 0 Å². The second-order valence-corrected chi connectivity index (χ2v) is 6.48. The number of rotatable bonds is 7. The standard InChI is InChI=1S/C11H13F2NO4S2/c1-19-6-5-9(11(15)16)14-20(17,18)10-7(12)3-2-4-8(10)13/h2-4,9,14H,5-6H2,1H3,(H,15,16). The molecule has 20 heavy (non-hydrogen) atoms. The molecular formula is C11H13F2NO4S2. The number of carboxylic acids is 1. The van der Waals surface area contributed by atoms with Gasteiger partial charge in [0.1, 0.15) is 17.7 Å². The molecule has 0 aliphatic rings. The summed E-state index contributed by atoms with van der Waals surface area (Å²) in [5.41, 5.74) is 0. The van der Waals surface area contributed by atoms with E-state index in [2.05, 4.69) is 0 Å². The minimum atomic E-state index is -4.59. The molecule has 0 saturated carbocycles. The molecule has 1 atom stereocenters. The van der Waals surface area contributed by atoms with Crippen LogP contribution in [0.15, 0.2) is 23.1 Å². The molecule has 0 amide bonds. The Morgan fingerprint density at radius 2 is 1.95 bits per heavy atom. The van der Waals surface area contributed by atoms with Gasteiger partial charge < -0.3 is 5.11 Å². The lowest BCUT2D eigenvalue weighted by atomic mass is 10.2. The third kappa shape index (κ3) is 4.15. The molecule has 1 rings (SSSR count). The zero-order chi connectivity index (χ0) is 15.3. The highest BCUT2D eigenvalue weighted by Gasteiger charge is 2.29. The monoisotopic (exact) mass is 325 g/mol. The van der Waals surface area contributed by atoms with Crippen molar-refractivity contribution in [3.05, 3.63) is 29.8 Å². The van der Waals surface area contributed by atoms with E-state index in [9.17, 15) is 22.0 Å². The Kier molecular flexibility index (Phi) is 5.90. The third-order valence-corrected chi connectivity index (χ3v) is 4.56. The number of halogens is 2. The number of thioether (sulfide) groups is 1. The topological polar surface area (TPSA) is 83.5 Å². The van der Waals surface area contributed by atoms with E-state index in [-0.39, 0.29) is 6.42 Å². The SMILES string of the molecule is CSCCC(NS(=O)(=O)c1c(F)cccc1F)C(=O)O. The van der Waals surface area contributed by atoms with Gasteiger partial charge in [-0.2, -0.15) is 16.5 Å². The van der Waals surface area contributed by atoms with Gasteiger partial charge in [0.05, 0.1) is 0 Å². The number of nitrogens with one attached hydrogen (secondary N) is 1. The van der Waals surface area contributed by atoms with Gasteiger partial charge in [-0.05, 0) is 30.6 Å². The summed E-state index contributed by atoms with van der Waals surface area (Å²) < 4.78 is 52.5. The van der Waals surface area contributed by atoms with Crippen molar-refractivity contribution in [2.24, 2.45) is 0 Å². The fraction of sp³-hybridized carbons (Fsp3) is 0.364. The van der Waals surface area contributed by atoms with E-state index in [1.807, 2.05) is 0 Å². The molecule has 0 aromatic heterocycles. The second-order valence-electron chi connectivity index (χ2n) is 3.84. The Labute approximate surface area is 119 Å². The maximum atomic E-state index is 13.4. The maximum absolute atomic E-state index is 13.4. The Morgan fingerprint density at radius 3 is 2.40 bits per heavy atom. The van der Waals surface area contributed by atoms with Gasteiger partial charge in [0.25, 0.3) is 0 Å². The van der Waals surface area contributed by atoms with Crippen LogP contribution >= 0.6 is 11.8 Å². The van der Waals surface area contributed by atoms with Crippen molar-refractivity contribution >= 4 is 27.8 Å². The lowest BCUT2D eigenvalue weighted by Crippen LogP contribution is -2.41. The number of benzene rings is 1. The molecule has 0 fully saturated rings. The van der Waals surface area contributed by atoms with Gasteiger partial charge in [0.2, 0.25) is 10.0 Å². The normalized spacial score (nSPS) is 13.2. The van der Waals surface area contributed by atoms with Crippen molar-refractivity contribution in [2.45, 2.75) is 17.4 Å². The van der Waals surface area contributed by atoms with E-state index < -0.39 is 38.6 Å². The van der Waals surface area contributed by atoms with Crippen LogP contribution in [0.25, 0.3) is 0 Å². The first-order chi connectivity index (χ1) is 9.29. The van der Waals surface area contributed by atoms with Crippen LogP contribution in [0.4, 0.5) is 8.78 Å². The molecule has 1 aromatic carbocycles. The summed E-state index contributed by atoms with van der Waals surface area (Å²) in [6, 6.07) is 1.16. The van der Waals surface area contributed by atoms with Gasteiger partial charge in [-0.15, -0.1) is 0 Å². The van der Waals surface area contributed by atoms with Crippen LogP contribution < -0.4 is 4.72 Å². The quantitative estimate of drug-likeness (QED) is 0.793. The van der Waals surface area contributed by atoms with Crippen molar-refractivity contribution in [2.75, 3.05) is 12.0 Å². The summed E-state index contributed by atoms with van der Waals surface area (Å²) >= 11 is 1.33. The molecule has 1 unspecified atom stereocenters. The average Bonchev–Trinajstić information content (AvgIpc) is 2.33. The number of hydrogen-bond acceptors (Lipinski definition) is 4. The van der Waals surface area contributed by atoms with Gasteiger partial charge in [-0.3, -0.25) is 4.79 Å². The summed E-state index contributed by atoms with van der Waals surface area (Å²) in [7, 11) is -4.59. The molecular weight excluding hydrogens is 312 g/mol. The summed E-state index contributed by atoms with van der Waals surface area (Å²) in [4.78, 5) is 9.79. The predicted molar refractivity (Wildman–Crippen MR) is 71.1 cm³/mol. The number of aliphatic carboxylic acids is 1. The van der Waals surface area contributed by atoms with Gasteiger partial charge in [0.15, 0.2) is 4.90 Å². The van der Waals surface area contributed by atoms with Gasteiger partial charge >= 0.3 is 5.97 Å². The molecule has 0 radical (unpaired) electrons. The zero-order valence-electron chi connectivity index (χ0n) is 10.5. The molecule has 2 N–H and O–H groups in total. The van der Waals surface area contributed by atoms with Crippen molar-refractivity contribution < 1.29 is 27.1 Å². The summed E-state index contributed by atoms with van der Waals surface area (Å²) in [5, 5.41) is 8.93. The molecule has 5 nitrogen and oxygen atoms in total.